The maximum absolute atomic E-state index is 12.7. The highest BCUT2D eigenvalue weighted by molar-refractivity contribution is 5.83. The summed E-state index contributed by atoms with van der Waals surface area (Å²) in [6.07, 6.45) is 5.37. The van der Waals surface area contributed by atoms with Crippen LogP contribution in [0.25, 0.3) is 0 Å². The standard InChI is InChI=1S/C16H27N3O2/c1-18(2)15(20)11-6-8-19(9-7-11)16(21)14-13-5-3-4-12(13)10-17-14/h11-14,17H,3-10H2,1-2H3. The van der Waals surface area contributed by atoms with Crippen molar-refractivity contribution in [3.05, 3.63) is 0 Å². The van der Waals surface area contributed by atoms with Crippen molar-refractivity contribution in [3.63, 3.8) is 0 Å². The van der Waals surface area contributed by atoms with Gasteiger partial charge in [0.25, 0.3) is 0 Å². The molecule has 3 fully saturated rings. The molecule has 1 saturated carbocycles. The molecule has 0 radical (unpaired) electrons. The summed E-state index contributed by atoms with van der Waals surface area (Å²) >= 11 is 0. The fraction of sp³-hybridized carbons (Fsp3) is 0.875. The van der Waals surface area contributed by atoms with Crippen LogP contribution in [0.5, 0.6) is 0 Å². The maximum atomic E-state index is 12.7. The smallest absolute Gasteiger partial charge is 0.240 e. The summed E-state index contributed by atoms with van der Waals surface area (Å²) in [5, 5.41) is 3.44. The maximum Gasteiger partial charge on any atom is 0.240 e. The Hall–Kier alpha value is -1.10. The van der Waals surface area contributed by atoms with Gasteiger partial charge in [0, 0.05) is 33.1 Å². The lowest BCUT2D eigenvalue weighted by Crippen LogP contribution is -2.50. The topological polar surface area (TPSA) is 52.7 Å². The van der Waals surface area contributed by atoms with E-state index in [9.17, 15) is 9.59 Å². The highest BCUT2D eigenvalue weighted by Crippen LogP contribution is 2.38. The third kappa shape index (κ3) is 2.80. The summed E-state index contributed by atoms with van der Waals surface area (Å²) in [7, 11) is 3.62. The molecule has 118 valence electrons. The van der Waals surface area contributed by atoms with E-state index >= 15 is 0 Å². The molecule has 21 heavy (non-hydrogen) atoms. The minimum Gasteiger partial charge on any atom is -0.349 e. The van der Waals surface area contributed by atoms with Gasteiger partial charge in [-0.3, -0.25) is 9.59 Å². The number of likely N-dealkylation sites (tertiary alicyclic amines) is 1. The van der Waals surface area contributed by atoms with Crippen LogP contribution in [-0.4, -0.2) is 61.4 Å². The van der Waals surface area contributed by atoms with E-state index in [0.29, 0.717) is 11.8 Å². The Labute approximate surface area is 127 Å². The zero-order valence-corrected chi connectivity index (χ0v) is 13.2. The molecule has 3 rings (SSSR count). The molecule has 2 heterocycles. The Morgan fingerprint density at radius 3 is 2.48 bits per heavy atom. The number of nitrogens with zero attached hydrogens (tertiary/aromatic N) is 2. The number of nitrogens with one attached hydrogen (secondary N) is 1. The molecule has 0 aromatic carbocycles. The molecule has 5 nitrogen and oxygen atoms in total. The fourth-order valence-electron chi connectivity index (χ4n) is 4.37. The van der Waals surface area contributed by atoms with Crippen molar-refractivity contribution in [3.8, 4) is 0 Å². The number of hydrogen-bond acceptors (Lipinski definition) is 3. The molecule has 0 bridgehead atoms. The average molecular weight is 293 g/mol. The van der Waals surface area contributed by atoms with Crippen LogP contribution < -0.4 is 5.32 Å². The van der Waals surface area contributed by atoms with Crippen molar-refractivity contribution in [1.82, 2.24) is 15.1 Å². The number of carbonyl (C=O) groups is 2. The van der Waals surface area contributed by atoms with Gasteiger partial charge in [-0.15, -0.1) is 0 Å². The fourth-order valence-corrected chi connectivity index (χ4v) is 4.37. The highest BCUT2D eigenvalue weighted by Gasteiger charge is 2.44. The highest BCUT2D eigenvalue weighted by atomic mass is 16.2. The van der Waals surface area contributed by atoms with Gasteiger partial charge in [0.05, 0.1) is 6.04 Å². The minimum absolute atomic E-state index is 0.0404. The number of fused-ring (bicyclic) bond motifs is 1. The van der Waals surface area contributed by atoms with E-state index in [0.717, 1.165) is 32.5 Å². The molecule has 1 aliphatic carbocycles. The van der Waals surface area contributed by atoms with Gasteiger partial charge in [0.1, 0.15) is 0 Å². The zero-order chi connectivity index (χ0) is 15.0. The van der Waals surface area contributed by atoms with Gasteiger partial charge in [0.15, 0.2) is 0 Å². The van der Waals surface area contributed by atoms with Crippen LogP contribution in [0.4, 0.5) is 0 Å². The van der Waals surface area contributed by atoms with Crippen LogP contribution in [-0.2, 0) is 9.59 Å². The molecular formula is C16H27N3O2. The van der Waals surface area contributed by atoms with E-state index in [1.54, 1.807) is 4.90 Å². The van der Waals surface area contributed by atoms with Gasteiger partial charge in [0.2, 0.25) is 11.8 Å². The van der Waals surface area contributed by atoms with Crippen molar-refractivity contribution in [2.24, 2.45) is 17.8 Å². The third-order valence-electron chi connectivity index (χ3n) is 5.61. The van der Waals surface area contributed by atoms with E-state index in [1.165, 1.54) is 19.3 Å². The van der Waals surface area contributed by atoms with Gasteiger partial charge in [-0.2, -0.15) is 0 Å². The monoisotopic (exact) mass is 293 g/mol. The van der Waals surface area contributed by atoms with E-state index in [-0.39, 0.29) is 23.8 Å². The van der Waals surface area contributed by atoms with E-state index in [4.69, 9.17) is 0 Å². The van der Waals surface area contributed by atoms with E-state index < -0.39 is 0 Å². The van der Waals surface area contributed by atoms with E-state index in [1.807, 2.05) is 19.0 Å². The Bertz CT molecular complexity index is 416. The number of carbonyl (C=O) groups excluding carboxylic acids is 2. The molecule has 0 aromatic heterocycles. The summed E-state index contributed by atoms with van der Waals surface area (Å²) in [4.78, 5) is 28.4. The molecule has 0 aromatic rings. The van der Waals surface area contributed by atoms with Gasteiger partial charge in [-0.1, -0.05) is 6.42 Å². The van der Waals surface area contributed by atoms with Crippen molar-refractivity contribution in [2.45, 2.75) is 38.1 Å². The van der Waals surface area contributed by atoms with Crippen LogP contribution in [0, 0.1) is 17.8 Å². The van der Waals surface area contributed by atoms with Crippen molar-refractivity contribution >= 4 is 11.8 Å². The normalized spacial score (nSPS) is 33.0. The minimum atomic E-state index is 0.0404. The summed E-state index contributed by atoms with van der Waals surface area (Å²) in [5.41, 5.74) is 0. The van der Waals surface area contributed by atoms with E-state index in [2.05, 4.69) is 5.32 Å². The first kappa shape index (κ1) is 14.8. The molecule has 1 N–H and O–H groups in total. The zero-order valence-electron chi connectivity index (χ0n) is 13.2. The van der Waals surface area contributed by atoms with Crippen LogP contribution in [0.15, 0.2) is 0 Å². The molecule has 0 spiro atoms. The molecule has 2 saturated heterocycles. The summed E-state index contributed by atoms with van der Waals surface area (Å²) in [5.74, 6) is 1.85. The van der Waals surface area contributed by atoms with Crippen LogP contribution in [0.1, 0.15) is 32.1 Å². The lowest BCUT2D eigenvalue weighted by atomic mass is 9.91. The van der Waals surface area contributed by atoms with Crippen LogP contribution in [0.2, 0.25) is 0 Å². The first-order valence-corrected chi connectivity index (χ1v) is 8.31. The number of hydrogen-bond donors (Lipinski definition) is 1. The van der Waals surface area contributed by atoms with Crippen molar-refractivity contribution < 1.29 is 9.59 Å². The van der Waals surface area contributed by atoms with Crippen molar-refractivity contribution in [2.75, 3.05) is 33.7 Å². The number of amides is 2. The predicted molar refractivity (Wildman–Crippen MR) is 80.6 cm³/mol. The largest absolute Gasteiger partial charge is 0.349 e. The predicted octanol–water partition coefficient (Wildman–Crippen LogP) is 0.701. The Kier molecular flexibility index (Phi) is 4.20. The molecule has 3 atom stereocenters. The van der Waals surface area contributed by atoms with Gasteiger partial charge < -0.3 is 15.1 Å². The quantitative estimate of drug-likeness (QED) is 0.815. The van der Waals surface area contributed by atoms with Gasteiger partial charge in [-0.05, 0) is 44.1 Å². The summed E-state index contributed by atoms with van der Waals surface area (Å²) in [6.45, 7) is 2.48. The summed E-state index contributed by atoms with van der Waals surface area (Å²) < 4.78 is 0. The number of rotatable bonds is 2. The Morgan fingerprint density at radius 1 is 1.10 bits per heavy atom. The SMILES string of the molecule is CN(C)C(=O)C1CCN(C(=O)C2NCC3CCCC32)CC1. The van der Waals surface area contributed by atoms with Crippen LogP contribution >= 0.6 is 0 Å². The lowest BCUT2D eigenvalue weighted by molar-refractivity contribution is -0.140. The second-order valence-electron chi connectivity index (χ2n) is 7.07. The number of piperidine rings is 1. The lowest BCUT2D eigenvalue weighted by Gasteiger charge is -2.34. The second-order valence-corrected chi connectivity index (χ2v) is 7.07. The molecule has 3 unspecified atom stereocenters. The molecule has 3 aliphatic rings. The second kappa shape index (κ2) is 5.95. The first-order valence-electron chi connectivity index (χ1n) is 8.31. The van der Waals surface area contributed by atoms with Gasteiger partial charge in [-0.25, -0.2) is 0 Å². The average Bonchev–Trinajstić information content (AvgIpc) is 3.08. The first-order chi connectivity index (χ1) is 10.1. The molecular weight excluding hydrogens is 266 g/mol. The van der Waals surface area contributed by atoms with Crippen molar-refractivity contribution in [1.29, 1.82) is 0 Å². The molecule has 5 heteroatoms. The Morgan fingerprint density at radius 2 is 1.81 bits per heavy atom. The van der Waals surface area contributed by atoms with Gasteiger partial charge >= 0.3 is 0 Å². The molecule has 2 aliphatic heterocycles. The summed E-state index contributed by atoms with van der Waals surface area (Å²) in [6, 6.07) is 0.0404. The Balaban J connectivity index is 1.55. The third-order valence-corrected chi connectivity index (χ3v) is 5.61. The molecule has 2 amide bonds. The van der Waals surface area contributed by atoms with Crippen LogP contribution in [0.3, 0.4) is 0 Å².